The van der Waals surface area contributed by atoms with E-state index in [4.69, 9.17) is 5.11 Å². The molecule has 1 saturated heterocycles. The van der Waals surface area contributed by atoms with Crippen molar-refractivity contribution < 1.29 is 9.90 Å². The maximum atomic E-state index is 12.1. The molecule has 4 heteroatoms. The highest BCUT2D eigenvalue weighted by molar-refractivity contribution is 5.87. The van der Waals surface area contributed by atoms with Crippen molar-refractivity contribution in [2.75, 3.05) is 13.2 Å². The molecule has 1 aliphatic rings. The Morgan fingerprint density at radius 1 is 1.60 bits per heavy atom. The highest BCUT2D eigenvalue weighted by Crippen LogP contribution is 2.23. The van der Waals surface area contributed by atoms with Crippen LogP contribution in [0.3, 0.4) is 0 Å². The second-order valence-corrected chi connectivity index (χ2v) is 4.96. The topological polar surface area (TPSA) is 61.4 Å². The number of aliphatic hydroxyl groups is 1. The summed E-state index contributed by atoms with van der Waals surface area (Å²) >= 11 is 0. The van der Waals surface area contributed by atoms with Gasteiger partial charge in [-0.2, -0.15) is 0 Å². The number of hydrogen-bond acceptors (Lipinski definition) is 3. The van der Waals surface area contributed by atoms with Crippen molar-refractivity contribution >= 4 is 5.91 Å². The Morgan fingerprint density at radius 3 is 2.67 bits per heavy atom. The summed E-state index contributed by atoms with van der Waals surface area (Å²) in [5, 5.41) is 15.3. The van der Waals surface area contributed by atoms with Crippen molar-refractivity contribution in [2.24, 2.45) is 0 Å². The van der Waals surface area contributed by atoms with Gasteiger partial charge in [-0.3, -0.25) is 4.79 Å². The standard InChI is InChI=1S/C11H22N2O2/c1-4-11(6-5-7-12-11)9(15)13-10(2,3)8-14/h12,14H,4-8H2,1-3H3,(H,13,15). The molecular formula is C11H22N2O2. The molecule has 1 fully saturated rings. The number of amides is 1. The Morgan fingerprint density at radius 2 is 2.27 bits per heavy atom. The van der Waals surface area contributed by atoms with Crippen LogP contribution >= 0.6 is 0 Å². The first-order valence-corrected chi connectivity index (χ1v) is 5.64. The molecule has 0 saturated carbocycles. The number of hydrogen-bond donors (Lipinski definition) is 3. The van der Waals surface area contributed by atoms with Crippen LogP contribution in [0, 0.1) is 0 Å². The van der Waals surface area contributed by atoms with Gasteiger partial charge >= 0.3 is 0 Å². The third kappa shape index (κ3) is 2.69. The zero-order valence-corrected chi connectivity index (χ0v) is 9.89. The molecular weight excluding hydrogens is 192 g/mol. The Kier molecular flexibility index (Phi) is 3.73. The molecule has 1 rings (SSSR count). The summed E-state index contributed by atoms with van der Waals surface area (Å²) in [5.74, 6) is 0.0153. The minimum Gasteiger partial charge on any atom is -0.394 e. The molecule has 1 unspecified atom stereocenters. The van der Waals surface area contributed by atoms with Gasteiger partial charge in [0, 0.05) is 0 Å². The van der Waals surface area contributed by atoms with Gasteiger partial charge in [0.25, 0.3) is 0 Å². The lowest BCUT2D eigenvalue weighted by Crippen LogP contribution is -2.59. The predicted octanol–water partition coefficient (Wildman–Crippen LogP) is 0.406. The molecule has 4 nitrogen and oxygen atoms in total. The van der Waals surface area contributed by atoms with Gasteiger partial charge in [0.15, 0.2) is 0 Å². The summed E-state index contributed by atoms with van der Waals surface area (Å²) in [6.45, 7) is 6.52. The summed E-state index contributed by atoms with van der Waals surface area (Å²) in [4.78, 5) is 12.1. The van der Waals surface area contributed by atoms with E-state index >= 15 is 0 Å². The molecule has 15 heavy (non-hydrogen) atoms. The number of carbonyl (C=O) groups is 1. The van der Waals surface area contributed by atoms with E-state index < -0.39 is 11.1 Å². The van der Waals surface area contributed by atoms with E-state index in [1.807, 2.05) is 20.8 Å². The molecule has 1 amide bonds. The molecule has 1 aliphatic heterocycles. The van der Waals surface area contributed by atoms with E-state index in [-0.39, 0.29) is 12.5 Å². The van der Waals surface area contributed by atoms with E-state index in [9.17, 15) is 4.79 Å². The first-order chi connectivity index (χ1) is 6.96. The third-order valence-electron chi connectivity index (χ3n) is 3.13. The van der Waals surface area contributed by atoms with Crippen LogP contribution in [-0.4, -0.2) is 35.2 Å². The van der Waals surface area contributed by atoms with Gasteiger partial charge in [0.2, 0.25) is 5.91 Å². The molecule has 0 aromatic carbocycles. The smallest absolute Gasteiger partial charge is 0.240 e. The normalized spacial score (nSPS) is 26.7. The summed E-state index contributed by atoms with van der Waals surface area (Å²) < 4.78 is 0. The first-order valence-electron chi connectivity index (χ1n) is 5.64. The molecule has 0 spiro atoms. The monoisotopic (exact) mass is 214 g/mol. The molecule has 1 heterocycles. The highest BCUT2D eigenvalue weighted by Gasteiger charge is 2.40. The summed E-state index contributed by atoms with van der Waals surface area (Å²) in [6, 6.07) is 0. The molecule has 0 radical (unpaired) electrons. The fourth-order valence-electron chi connectivity index (χ4n) is 1.93. The van der Waals surface area contributed by atoms with Gasteiger partial charge < -0.3 is 15.7 Å². The van der Waals surface area contributed by atoms with Crippen LogP contribution in [0.15, 0.2) is 0 Å². The molecule has 0 aromatic rings. The van der Waals surface area contributed by atoms with E-state index in [2.05, 4.69) is 10.6 Å². The van der Waals surface area contributed by atoms with Crippen molar-refractivity contribution in [1.82, 2.24) is 10.6 Å². The Balaban J connectivity index is 2.66. The van der Waals surface area contributed by atoms with Gasteiger partial charge in [0.05, 0.1) is 17.7 Å². The van der Waals surface area contributed by atoms with Crippen LogP contribution in [0.2, 0.25) is 0 Å². The summed E-state index contributed by atoms with van der Waals surface area (Å²) in [5.41, 5.74) is -0.948. The second-order valence-electron chi connectivity index (χ2n) is 4.96. The van der Waals surface area contributed by atoms with Crippen LogP contribution in [-0.2, 0) is 4.79 Å². The fourth-order valence-corrected chi connectivity index (χ4v) is 1.93. The lowest BCUT2D eigenvalue weighted by atomic mass is 9.91. The average molecular weight is 214 g/mol. The van der Waals surface area contributed by atoms with Gasteiger partial charge in [0.1, 0.15) is 0 Å². The fraction of sp³-hybridized carbons (Fsp3) is 0.909. The van der Waals surface area contributed by atoms with Crippen molar-refractivity contribution in [3.05, 3.63) is 0 Å². The van der Waals surface area contributed by atoms with Crippen LogP contribution in [0.4, 0.5) is 0 Å². The minimum atomic E-state index is -0.538. The van der Waals surface area contributed by atoms with Gasteiger partial charge in [-0.25, -0.2) is 0 Å². The zero-order valence-electron chi connectivity index (χ0n) is 9.89. The largest absolute Gasteiger partial charge is 0.394 e. The molecule has 0 bridgehead atoms. The Hall–Kier alpha value is -0.610. The van der Waals surface area contributed by atoms with E-state index in [0.717, 1.165) is 25.8 Å². The van der Waals surface area contributed by atoms with E-state index in [1.165, 1.54) is 0 Å². The minimum absolute atomic E-state index is 0.0153. The average Bonchev–Trinajstić information content (AvgIpc) is 2.66. The van der Waals surface area contributed by atoms with Crippen molar-refractivity contribution in [2.45, 2.75) is 51.1 Å². The molecule has 3 N–H and O–H groups in total. The van der Waals surface area contributed by atoms with Gasteiger partial charge in [-0.05, 0) is 39.7 Å². The molecule has 0 aliphatic carbocycles. The SMILES string of the molecule is CCC1(C(=O)NC(C)(C)CO)CCCN1. The lowest BCUT2D eigenvalue weighted by Gasteiger charge is -2.32. The first kappa shape index (κ1) is 12.5. The van der Waals surface area contributed by atoms with Crippen molar-refractivity contribution in [1.29, 1.82) is 0 Å². The van der Waals surface area contributed by atoms with E-state index in [1.54, 1.807) is 0 Å². The van der Waals surface area contributed by atoms with Crippen molar-refractivity contribution in [3.8, 4) is 0 Å². The number of carbonyl (C=O) groups excluding carboxylic acids is 1. The van der Waals surface area contributed by atoms with Gasteiger partial charge in [-0.15, -0.1) is 0 Å². The molecule has 1 atom stereocenters. The van der Waals surface area contributed by atoms with Crippen LogP contribution in [0.5, 0.6) is 0 Å². The highest BCUT2D eigenvalue weighted by atomic mass is 16.3. The van der Waals surface area contributed by atoms with Gasteiger partial charge in [-0.1, -0.05) is 6.92 Å². The number of rotatable bonds is 4. The third-order valence-corrected chi connectivity index (χ3v) is 3.13. The van der Waals surface area contributed by atoms with Crippen LogP contribution < -0.4 is 10.6 Å². The van der Waals surface area contributed by atoms with Crippen LogP contribution in [0.1, 0.15) is 40.0 Å². The Labute approximate surface area is 91.4 Å². The summed E-state index contributed by atoms with van der Waals surface area (Å²) in [7, 11) is 0. The number of aliphatic hydroxyl groups excluding tert-OH is 1. The summed E-state index contributed by atoms with van der Waals surface area (Å²) in [6.07, 6.45) is 2.72. The predicted molar refractivity (Wildman–Crippen MR) is 59.6 cm³/mol. The number of nitrogens with one attached hydrogen (secondary N) is 2. The zero-order chi connectivity index (χ0) is 11.5. The lowest BCUT2D eigenvalue weighted by molar-refractivity contribution is -0.129. The second kappa shape index (κ2) is 4.49. The maximum Gasteiger partial charge on any atom is 0.240 e. The molecule has 88 valence electrons. The van der Waals surface area contributed by atoms with Crippen molar-refractivity contribution in [3.63, 3.8) is 0 Å². The maximum absolute atomic E-state index is 12.1. The quantitative estimate of drug-likeness (QED) is 0.635. The van der Waals surface area contributed by atoms with Crippen LogP contribution in [0.25, 0.3) is 0 Å². The molecule has 0 aromatic heterocycles. The van der Waals surface area contributed by atoms with E-state index in [0.29, 0.717) is 0 Å². The Bertz CT molecular complexity index is 233.